The third-order valence-electron chi connectivity index (χ3n) is 2.61. The van der Waals surface area contributed by atoms with Crippen LogP contribution in [0, 0.1) is 0 Å². The molecule has 3 nitrogen and oxygen atoms in total. The zero-order chi connectivity index (χ0) is 11.8. The van der Waals surface area contributed by atoms with E-state index in [4.69, 9.17) is 5.73 Å². The van der Waals surface area contributed by atoms with Crippen LogP contribution in [0.1, 0.15) is 25.7 Å². The van der Waals surface area contributed by atoms with Gasteiger partial charge < -0.3 is 10.6 Å². The number of anilines is 1. The molecule has 3 heteroatoms. The summed E-state index contributed by atoms with van der Waals surface area (Å²) >= 11 is 0. The van der Waals surface area contributed by atoms with E-state index in [-0.39, 0.29) is 5.91 Å². The van der Waals surface area contributed by atoms with Gasteiger partial charge in [0.1, 0.15) is 0 Å². The lowest BCUT2D eigenvalue weighted by Crippen LogP contribution is -2.25. The van der Waals surface area contributed by atoms with Crippen LogP contribution in [0.4, 0.5) is 5.69 Å². The highest BCUT2D eigenvalue weighted by Gasteiger charge is 2.09. The Morgan fingerprint density at radius 1 is 1.19 bits per heavy atom. The van der Waals surface area contributed by atoms with E-state index >= 15 is 0 Å². The number of hydrogen-bond donors (Lipinski definition) is 1. The molecule has 88 valence electrons. The molecule has 1 amide bonds. The highest BCUT2D eigenvalue weighted by molar-refractivity contribution is 5.92. The maximum Gasteiger partial charge on any atom is 0.226 e. The Kier molecular flexibility index (Phi) is 5.57. The van der Waals surface area contributed by atoms with Crippen LogP contribution in [0.5, 0.6) is 0 Å². The average molecular weight is 220 g/mol. The number of carbonyl (C=O) groups is 1. The maximum absolute atomic E-state index is 11.8. The van der Waals surface area contributed by atoms with Gasteiger partial charge in [-0.05, 0) is 31.5 Å². The number of nitrogens with two attached hydrogens (primary N) is 1. The van der Waals surface area contributed by atoms with E-state index in [1.165, 1.54) is 0 Å². The smallest absolute Gasteiger partial charge is 0.226 e. The quantitative estimate of drug-likeness (QED) is 0.747. The van der Waals surface area contributed by atoms with Gasteiger partial charge in [-0.3, -0.25) is 4.79 Å². The number of para-hydroxylation sites is 1. The van der Waals surface area contributed by atoms with Crippen molar-refractivity contribution in [2.75, 3.05) is 18.5 Å². The van der Waals surface area contributed by atoms with E-state index in [1.807, 2.05) is 37.4 Å². The van der Waals surface area contributed by atoms with Crippen molar-refractivity contribution in [1.82, 2.24) is 0 Å². The summed E-state index contributed by atoms with van der Waals surface area (Å²) in [6.07, 6.45) is 3.56. The average Bonchev–Trinajstić information content (AvgIpc) is 2.34. The minimum Gasteiger partial charge on any atom is -0.330 e. The lowest BCUT2D eigenvalue weighted by molar-refractivity contribution is -0.118. The summed E-state index contributed by atoms with van der Waals surface area (Å²) in [4.78, 5) is 13.5. The van der Waals surface area contributed by atoms with Gasteiger partial charge in [-0.1, -0.05) is 24.6 Å². The van der Waals surface area contributed by atoms with E-state index < -0.39 is 0 Å². The number of carbonyl (C=O) groups excluding carboxylic acids is 1. The summed E-state index contributed by atoms with van der Waals surface area (Å²) in [6, 6.07) is 9.71. The monoisotopic (exact) mass is 220 g/mol. The van der Waals surface area contributed by atoms with Crippen LogP contribution in [-0.2, 0) is 4.79 Å². The zero-order valence-corrected chi connectivity index (χ0v) is 9.86. The molecular formula is C13H20N2O. The molecule has 0 unspecified atom stereocenters. The molecule has 2 N–H and O–H groups in total. The molecule has 0 bridgehead atoms. The standard InChI is InChI=1S/C13H20N2O/c1-15(12-8-4-2-5-9-12)13(16)10-6-3-7-11-14/h2,4-5,8-9H,3,6-7,10-11,14H2,1H3. The molecule has 0 heterocycles. The summed E-state index contributed by atoms with van der Waals surface area (Å²) < 4.78 is 0. The topological polar surface area (TPSA) is 46.3 Å². The first-order valence-electron chi connectivity index (χ1n) is 5.77. The van der Waals surface area contributed by atoms with Gasteiger partial charge in [0.25, 0.3) is 0 Å². The fourth-order valence-electron chi connectivity index (χ4n) is 1.56. The molecule has 0 aliphatic rings. The Labute approximate surface area is 97.2 Å². The molecular weight excluding hydrogens is 200 g/mol. The molecule has 0 saturated heterocycles. The number of rotatable bonds is 6. The molecule has 0 aromatic heterocycles. The van der Waals surface area contributed by atoms with Crippen molar-refractivity contribution < 1.29 is 4.79 Å². The Bertz CT molecular complexity index is 311. The second kappa shape index (κ2) is 7.01. The number of amides is 1. The molecule has 1 aromatic rings. The second-order valence-electron chi connectivity index (χ2n) is 3.89. The SMILES string of the molecule is CN(C(=O)CCCCCN)c1ccccc1. The first-order chi connectivity index (χ1) is 7.75. The molecule has 0 aliphatic carbocycles. The predicted octanol–water partition coefficient (Wildman–Crippen LogP) is 2.17. The molecule has 0 spiro atoms. The van der Waals surface area contributed by atoms with Crippen molar-refractivity contribution in [2.24, 2.45) is 5.73 Å². The van der Waals surface area contributed by atoms with Crippen molar-refractivity contribution >= 4 is 11.6 Å². The molecule has 1 aromatic carbocycles. The largest absolute Gasteiger partial charge is 0.330 e. The fraction of sp³-hybridized carbons (Fsp3) is 0.462. The Hall–Kier alpha value is -1.35. The van der Waals surface area contributed by atoms with Crippen LogP contribution in [0.15, 0.2) is 30.3 Å². The minimum absolute atomic E-state index is 0.170. The van der Waals surface area contributed by atoms with Crippen LogP contribution in [0.25, 0.3) is 0 Å². The third-order valence-corrected chi connectivity index (χ3v) is 2.61. The van der Waals surface area contributed by atoms with Gasteiger partial charge in [-0.2, -0.15) is 0 Å². The molecule has 1 rings (SSSR count). The first kappa shape index (κ1) is 12.7. The Balaban J connectivity index is 2.37. The predicted molar refractivity (Wildman–Crippen MR) is 67.4 cm³/mol. The maximum atomic E-state index is 11.8. The van der Waals surface area contributed by atoms with Crippen molar-refractivity contribution in [3.8, 4) is 0 Å². The van der Waals surface area contributed by atoms with Gasteiger partial charge in [-0.25, -0.2) is 0 Å². The van der Waals surface area contributed by atoms with E-state index in [2.05, 4.69) is 0 Å². The number of hydrogen-bond acceptors (Lipinski definition) is 2. The van der Waals surface area contributed by atoms with Gasteiger partial charge in [0.15, 0.2) is 0 Å². The van der Waals surface area contributed by atoms with Crippen molar-refractivity contribution in [2.45, 2.75) is 25.7 Å². The van der Waals surface area contributed by atoms with Crippen molar-refractivity contribution in [3.63, 3.8) is 0 Å². The van der Waals surface area contributed by atoms with E-state index in [0.717, 1.165) is 24.9 Å². The van der Waals surface area contributed by atoms with Crippen LogP contribution in [0.2, 0.25) is 0 Å². The number of benzene rings is 1. The zero-order valence-electron chi connectivity index (χ0n) is 9.86. The van der Waals surface area contributed by atoms with E-state index in [0.29, 0.717) is 13.0 Å². The summed E-state index contributed by atoms with van der Waals surface area (Å²) in [7, 11) is 1.82. The van der Waals surface area contributed by atoms with E-state index in [1.54, 1.807) is 4.90 Å². The van der Waals surface area contributed by atoms with Gasteiger partial charge in [0.2, 0.25) is 5.91 Å². The Morgan fingerprint density at radius 2 is 1.88 bits per heavy atom. The van der Waals surface area contributed by atoms with Crippen LogP contribution < -0.4 is 10.6 Å². The first-order valence-corrected chi connectivity index (χ1v) is 5.77. The van der Waals surface area contributed by atoms with Gasteiger partial charge >= 0.3 is 0 Å². The lowest BCUT2D eigenvalue weighted by Gasteiger charge is -2.17. The highest BCUT2D eigenvalue weighted by Crippen LogP contribution is 2.13. The Morgan fingerprint density at radius 3 is 2.50 bits per heavy atom. The van der Waals surface area contributed by atoms with Crippen LogP contribution in [-0.4, -0.2) is 19.5 Å². The molecule has 16 heavy (non-hydrogen) atoms. The van der Waals surface area contributed by atoms with Crippen molar-refractivity contribution in [1.29, 1.82) is 0 Å². The van der Waals surface area contributed by atoms with E-state index in [9.17, 15) is 4.79 Å². The number of unbranched alkanes of at least 4 members (excludes halogenated alkanes) is 2. The summed E-state index contributed by atoms with van der Waals surface area (Å²) in [5.74, 6) is 0.170. The molecule has 0 atom stereocenters. The van der Waals surface area contributed by atoms with Gasteiger partial charge in [0, 0.05) is 19.2 Å². The van der Waals surface area contributed by atoms with Crippen LogP contribution in [0.3, 0.4) is 0 Å². The van der Waals surface area contributed by atoms with Crippen molar-refractivity contribution in [3.05, 3.63) is 30.3 Å². The molecule has 0 aliphatic heterocycles. The summed E-state index contributed by atoms with van der Waals surface area (Å²) in [5.41, 5.74) is 6.35. The minimum atomic E-state index is 0.170. The summed E-state index contributed by atoms with van der Waals surface area (Å²) in [5, 5.41) is 0. The highest BCUT2D eigenvalue weighted by atomic mass is 16.2. The summed E-state index contributed by atoms with van der Waals surface area (Å²) in [6.45, 7) is 0.711. The van der Waals surface area contributed by atoms with Crippen LogP contribution >= 0.6 is 0 Å². The fourth-order valence-corrected chi connectivity index (χ4v) is 1.56. The molecule has 0 radical (unpaired) electrons. The molecule has 0 saturated carbocycles. The number of nitrogens with zero attached hydrogens (tertiary/aromatic N) is 1. The van der Waals surface area contributed by atoms with Gasteiger partial charge in [0.05, 0.1) is 0 Å². The third kappa shape index (κ3) is 4.03. The normalized spacial score (nSPS) is 10.1. The molecule has 0 fully saturated rings. The second-order valence-corrected chi connectivity index (χ2v) is 3.89. The van der Waals surface area contributed by atoms with Gasteiger partial charge in [-0.15, -0.1) is 0 Å². The lowest BCUT2D eigenvalue weighted by atomic mass is 10.1.